The molecule has 1 aromatic heterocycles. The summed E-state index contributed by atoms with van der Waals surface area (Å²) in [4.78, 5) is 21.1. The van der Waals surface area contributed by atoms with Gasteiger partial charge in [-0.25, -0.2) is 4.79 Å². The fourth-order valence-corrected chi connectivity index (χ4v) is 1.05. The fraction of sp³-hybridized carbons (Fsp3) is 0.250. The average molecular weight is 236 g/mol. The van der Waals surface area contributed by atoms with Crippen LogP contribution in [0.25, 0.3) is 0 Å². The summed E-state index contributed by atoms with van der Waals surface area (Å²) in [6.07, 6.45) is -3.92. The Bertz CT molecular complexity index is 436. The second-order valence-corrected chi connectivity index (χ2v) is 2.98. The lowest BCUT2D eigenvalue weighted by atomic mass is 10.4. The maximum atomic E-state index is 11.9. The maximum Gasteiger partial charge on any atom is 0.471 e. The van der Waals surface area contributed by atoms with Gasteiger partial charge in [-0.3, -0.25) is 4.79 Å². The molecule has 0 atom stereocenters. The van der Waals surface area contributed by atoms with Crippen molar-refractivity contribution in [3.8, 4) is 0 Å². The highest BCUT2D eigenvalue weighted by Gasteiger charge is 2.38. The largest absolute Gasteiger partial charge is 0.477 e. The van der Waals surface area contributed by atoms with E-state index in [0.717, 1.165) is 16.8 Å². The Kier molecular flexibility index (Phi) is 2.92. The number of amides is 1. The highest BCUT2D eigenvalue weighted by molar-refractivity contribution is 5.96. The van der Waals surface area contributed by atoms with Crippen LogP contribution in [0.15, 0.2) is 12.3 Å². The third kappa shape index (κ3) is 2.53. The van der Waals surface area contributed by atoms with Crippen LogP contribution in [-0.2, 0) is 11.8 Å². The maximum absolute atomic E-state index is 11.9. The van der Waals surface area contributed by atoms with E-state index in [0.29, 0.717) is 0 Å². The summed E-state index contributed by atoms with van der Waals surface area (Å²) in [5, 5.41) is 10.2. The van der Waals surface area contributed by atoms with Gasteiger partial charge >= 0.3 is 18.1 Å². The first-order chi connectivity index (χ1) is 7.21. The van der Waals surface area contributed by atoms with Crippen molar-refractivity contribution in [2.45, 2.75) is 6.18 Å². The van der Waals surface area contributed by atoms with Gasteiger partial charge in [-0.05, 0) is 6.07 Å². The lowest BCUT2D eigenvalue weighted by molar-refractivity contribution is -0.167. The standard InChI is InChI=1S/C8H7F3N2O3/c1-13-3-4(2-5(13)6(14)15)12-7(16)8(9,10)11/h2-3H,1H3,(H,12,16)(H,14,15). The van der Waals surface area contributed by atoms with Crippen LogP contribution in [0.3, 0.4) is 0 Å². The van der Waals surface area contributed by atoms with Crippen LogP contribution in [0, 0.1) is 0 Å². The van der Waals surface area contributed by atoms with E-state index >= 15 is 0 Å². The number of rotatable bonds is 2. The highest BCUT2D eigenvalue weighted by atomic mass is 19.4. The summed E-state index contributed by atoms with van der Waals surface area (Å²) in [6, 6.07) is 0.936. The molecule has 5 nitrogen and oxygen atoms in total. The van der Waals surface area contributed by atoms with Crippen molar-refractivity contribution < 1.29 is 27.9 Å². The molecule has 16 heavy (non-hydrogen) atoms. The minimum absolute atomic E-state index is 0.220. The summed E-state index contributed by atoms with van der Waals surface area (Å²) in [7, 11) is 1.34. The molecule has 0 aliphatic heterocycles. The van der Waals surface area contributed by atoms with Crippen molar-refractivity contribution >= 4 is 17.6 Å². The Morgan fingerprint density at radius 2 is 2.00 bits per heavy atom. The molecule has 0 aliphatic rings. The molecule has 0 radical (unpaired) electrons. The molecule has 1 aromatic rings. The quantitative estimate of drug-likeness (QED) is 0.811. The lowest BCUT2D eigenvalue weighted by Crippen LogP contribution is -2.29. The summed E-state index contributed by atoms with van der Waals surface area (Å²) in [5.74, 6) is -3.44. The smallest absolute Gasteiger partial charge is 0.471 e. The van der Waals surface area contributed by atoms with Crippen LogP contribution >= 0.6 is 0 Å². The number of nitrogens with one attached hydrogen (secondary N) is 1. The monoisotopic (exact) mass is 236 g/mol. The van der Waals surface area contributed by atoms with Crippen LogP contribution in [0.2, 0.25) is 0 Å². The number of aromatic nitrogens is 1. The third-order valence-electron chi connectivity index (χ3n) is 1.74. The predicted molar refractivity (Wildman–Crippen MR) is 47.1 cm³/mol. The number of aromatic carboxylic acids is 1. The second kappa shape index (κ2) is 3.87. The molecule has 0 aliphatic carbocycles. The van der Waals surface area contributed by atoms with Gasteiger partial charge in [0.25, 0.3) is 0 Å². The molecule has 1 heterocycles. The molecule has 0 saturated carbocycles. The van der Waals surface area contributed by atoms with Gasteiger partial charge in [0, 0.05) is 13.2 Å². The van der Waals surface area contributed by atoms with Gasteiger partial charge in [-0.15, -0.1) is 0 Å². The van der Waals surface area contributed by atoms with E-state index in [4.69, 9.17) is 5.11 Å². The van der Waals surface area contributed by atoms with Gasteiger partial charge in [0.1, 0.15) is 5.69 Å². The van der Waals surface area contributed by atoms with E-state index < -0.39 is 18.1 Å². The lowest BCUT2D eigenvalue weighted by Gasteiger charge is -2.05. The molecule has 88 valence electrons. The van der Waals surface area contributed by atoms with Gasteiger partial charge in [0.15, 0.2) is 0 Å². The van der Waals surface area contributed by atoms with Crippen LogP contribution in [0.1, 0.15) is 10.5 Å². The molecule has 0 saturated heterocycles. The van der Waals surface area contributed by atoms with Crippen LogP contribution < -0.4 is 5.32 Å². The normalized spacial score (nSPS) is 11.2. The first-order valence-electron chi connectivity index (χ1n) is 3.99. The fourth-order valence-electron chi connectivity index (χ4n) is 1.05. The van der Waals surface area contributed by atoms with E-state index in [1.807, 2.05) is 0 Å². The SMILES string of the molecule is Cn1cc(NC(=O)C(F)(F)F)cc1C(=O)O. The van der Waals surface area contributed by atoms with Crippen molar-refractivity contribution in [2.24, 2.45) is 7.05 Å². The van der Waals surface area contributed by atoms with Crippen LogP contribution in [0.4, 0.5) is 18.9 Å². The Balaban J connectivity index is 2.88. The molecule has 2 N–H and O–H groups in total. The van der Waals surface area contributed by atoms with Crippen molar-refractivity contribution in [1.29, 1.82) is 0 Å². The number of hydrogen-bond donors (Lipinski definition) is 2. The summed E-state index contributed by atoms with van der Waals surface area (Å²) in [5.41, 5.74) is -0.445. The molecule has 8 heteroatoms. The number of alkyl halides is 3. The van der Waals surface area contributed by atoms with Gasteiger partial charge < -0.3 is 15.0 Å². The van der Waals surface area contributed by atoms with Crippen molar-refractivity contribution in [3.05, 3.63) is 18.0 Å². The summed E-state index contributed by atoms with van der Waals surface area (Å²) < 4.78 is 36.7. The minimum Gasteiger partial charge on any atom is -0.477 e. The van der Waals surface area contributed by atoms with Gasteiger partial charge in [0.2, 0.25) is 0 Å². The van der Waals surface area contributed by atoms with E-state index in [1.165, 1.54) is 7.05 Å². The first kappa shape index (κ1) is 12.1. The minimum atomic E-state index is -5.00. The Labute approximate surface area is 87.5 Å². The number of carbonyl (C=O) groups is 2. The molecule has 1 rings (SSSR count). The van der Waals surface area contributed by atoms with Crippen LogP contribution in [0.5, 0.6) is 0 Å². The van der Waals surface area contributed by atoms with Crippen molar-refractivity contribution in [2.75, 3.05) is 5.32 Å². The summed E-state index contributed by atoms with van der Waals surface area (Å²) in [6.45, 7) is 0. The molecule has 0 fully saturated rings. The van der Waals surface area contributed by atoms with Crippen LogP contribution in [-0.4, -0.2) is 27.7 Å². The van der Waals surface area contributed by atoms with E-state index in [1.54, 1.807) is 5.32 Å². The topological polar surface area (TPSA) is 71.3 Å². The number of carbonyl (C=O) groups excluding carboxylic acids is 1. The zero-order valence-electron chi connectivity index (χ0n) is 8.00. The van der Waals surface area contributed by atoms with E-state index in [9.17, 15) is 22.8 Å². The number of carboxylic acids is 1. The van der Waals surface area contributed by atoms with Gasteiger partial charge in [-0.2, -0.15) is 13.2 Å². The first-order valence-corrected chi connectivity index (χ1v) is 3.99. The Morgan fingerprint density at radius 1 is 1.44 bits per heavy atom. The molecule has 0 unspecified atom stereocenters. The molecule has 1 amide bonds. The molecular weight excluding hydrogens is 229 g/mol. The van der Waals surface area contributed by atoms with Gasteiger partial charge in [-0.1, -0.05) is 0 Å². The highest BCUT2D eigenvalue weighted by Crippen LogP contribution is 2.19. The number of anilines is 1. The third-order valence-corrected chi connectivity index (χ3v) is 1.74. The molecular formula is C8H7F3N2O3. The second-order valence-electron chi connectivity index (χ2n) is 2.98. The number of hydrogen-bond acceptors (Lipinski definition) is 2. The average Bonchev–Trinajstić information content (AvgIpc) is 2.45. The zero-order chi connectivity index (χ0) is 12.5. The number of halogens is 3. The van der Waals surface area contributed by atoms with E-state index in [2.05, 4.69) is 0 Å². The van der Waals surface area contributed by atoms with E-state index in [-0.39, 0.29) is 11.4 Å². The number of nitrogens with zero attached hydrogens (tertiary/aromatic N) is 1. The summed E-state index contributed by atoms with van der Waals surface area (Å²) >= 11 is 0. The number of aryl methyl sites for hydroxylation is 1. The Morgan fingerprint density at radius 3 is 2.38 bits per heavy atom. The molecule has 0 aromatic carbocycles. The van der Waals surface area contributed by atoms with Crippen molar-refractivity contribution in [3.63, 3.8) is 0 Å². The number of carboxylic acid groups (broad SMARTS) is 1. The van der Waals surface area contributed by atoms with Gasteiger partial charge in [0.05, 0.1) is 5.69 Å². The molecule has 0 bridgehead atoms. The Hall–Kier alpha value is -1.99. The molecule has 0 spiro atoms. The van der Waals surface area contributed by atoms with Crippen molar-refractivity contribution in [1.82, 2.24) is 4.57 Å². The predicted octanol–water partition coefficient (Wildman–Crippen LogP) is 1.22. The zero-order valence-corrected chi connectivity index (χ0v) is 8.00.